The van der Waals surface area contributed by atoms with Gasteiger partial charge in [0.05, 0.1) is 84.3 Å². The maximum atomic E-state index is 13.4. The fourth-order valence-electron chi connectivity index (χ4n) is 17.9. The van der Waals surface area contributed by atoms with Crippen molar-refractivity contribution in [3.05, 3.63) is 0 Å². The summed E-state index contributed by atoms with van der Waals surface area (Å²) in [5, 5.41) is 367. The summed E-state index contributed by atoms with van der Waals surface area (Å²) >= 11 is 0. The zero-order valence-electron chi connectivity index (χ0n) is 74.5. The molecule has 11 saturated heterocycles. The molecule has 0 aromatic heterocycles. The lowest BCUT2D eigenvalue weighted by Crippen LogP contribution is -2.71. The molecule has 0 bridgehead atoms. The van der Waals surface area contributed by atoms with Crippen molar-refractivity contribution >= 4 is 29.6 Å². The molecule has 36 N–H and O–H groups in total. The van der Waals surface area contributed by atoms with Crippen molar-refractivity contribution in [2.45, 2.75) is 384 Å². The number of carbonyl (C=O) groups is 5. The number of nitrogens with one attached hydrogen (secondary N) is 4. The molecule has 11 rings (SSSR count). The summed E-state index contributed by atoms with van der Waals surface area (Å²) in [6.45, 7) is -7.02. The van der Waals surface area contributed by atoms with E-state index in [2.05, 4.69) is 21.3 Å². The molecule has 0 aromatic carbocycles. The molecule has 11 heterocycles. The Morgan fingerprint density at radius 1 is 0.309 bits per heavy atom. The molecule has 0 saturated carbocycles. The van der Waals surface area contributed by atoms with Gasteiger partial charge < -0.3 is 284 Å². The Morgan fingerprint density at radius 3 is 1.09 bits per heavy atom. The smallest absolute Gasteiger partial charge is 0.364 e. The Morgan fingerprint density at radius 2 is 0.633 bits per heavy atom. The fraction of sp³-hybridized carbons (Fsp3) is 0.935. The molecule has 0 unspecified atom stereocenters. The van der Waals surface area contributed by atoms with E-state index < -0.39 is 445 Å². The number of ether oxygens (including phenoxy) is 21. The first kappa shape index (κ1) is 115. The molecule has 0 spiro atoms. The van der Waals surface area contributed by atoms with Crippen molar-refractivity contribution in [1.29, 1.82) is 0 Å². The number of hydrogen-bond donors (Lipinski definition) is 36. The summed E-state index contributed by atoms with van der Waals surface area (Å²) in [7, 11) is 0. The average Bonchev–Trinajstić information content (AvgIpc) is 0.765. The Labute approximate surface area is 785 Å². The molecule has 11 aliphatic rings. The van der Waals surface area contributed by atoms with Crippen molar-refractivity contribution in [3.63, 3.8) is 0 Å². The van der Waals surface area contributed by atoms with E-state index in [1.807, 2.05) is 0 Å². The minimum absolute atomic E-state index is 0.846. The van der Waals surface area contributed by atoms with Crippen LogP contribution in [0.3, 0.4) is 0 Å². The zero-order chi connectivity index (χ0) is 103. The number of aliphatic hydroxyl groups is 31. The third kappa shape index (κ3) is 25.3. The zero-order valence-corrected chi connectivity index (χ0v) is 74.5. The number of hydrogen-bond acceptors (Lipinski definition) is 57. The van der Waals surface area contributed by atoms with Crippen LogP contribution >= 0.6 is 0 Å². The van der Waals surface area contributed by atoms with Crippen molar-refractivity contribution in [2.24, 2.45) is 0 Å². The number of carboxylic acid groups (broad SMARTS) is 1. The van der Waals surface area contributed by atoms with Crippen LogP contribution in [0.1, 0.15) is 41.0 Å². The Balaban J connectivity index is 0.914. The maximum absolute atomic E-state index is 13.4. The Hall–Kier alpha value is -4.73. The van der Waals surface area contributed by atoms with Gasteiger partial charge in [-0.05, 0) is 6.92 Å². The number of carbonyl (C=O) groups excluding carboxylic acids is 4. The predicted molar refractivity (Wildman–Crippen MR) is 425 cm³/mol. The van der Waals surface area contributed by atoms with Crippen LogP contribution in [0, 0.1) is 0 Å². The second-order valence-electron chi connectivity index (χ2n) is 35.3. The van der Waals surface area contributed by atoms with Crippen LogP contribution in [0.5, 0.6) is 0 Å². The fourth-order valence-corrected chi connectivity index (χ4v) is 17.9. The summed E-state index contributed by atoms with van der Waals surface area (Å²) in [6, 6.07) is -7.76. The van der Waals surface area contributed by atoms with Crippen molar-refractivity contribution in [3.8, 4) is 0 Å². The molecule has 804 valence electrons. The minimum atomic E-state index is -3.12. The number of amides is 4. The third-order valence-electron chi connectivity index (χ3n) is 25.5. The highest BCUT2D eigenvalue weighted by Crippen LogP contribution is 2.43. The van der Waals surface area contributed by atoms with Gasteiger partial charge in [0, 0.05) is 34.1 Å². The Kier molecular flexibility index (Phi) is 40.7. The second kappa shape index (κ2) is 49.4. The van der Waals surface area contributed by atoms with Crippen LogP contribution in [0.15, 0.2) is 0 Å². The van der Waals surface area contributed by atoms with E-state index in [0.717, 1.165) is 27.7 Å². The van der Waals surface area contributed by atoms with Crippen molar-refractivity contribution in [1.82, 2.24) is 21.3 Å². The van der Waals surface area contributed by atoms with Crippen LogP contribution in [0.25, 0.3) is 0 Å². The van der Waals surface area contributed by atoms with Gasteiger partial charge in [0.1, 0.15) is 256 Å². The third-order valence-corrected chi connectivity index (χ3v) is 25.5. The van der Waals surface area contributed by atoms with Gasteiger partial charge >= 0.3 is 5.97 Å². The summed E-state index contributed by atoms with van der Waals surface area (Å²) in [4.78, 5) is 64.8. The van der Waals surface area contributed by atoms with E-state index in [4.69, 9.17) is 99.5 Å². The van der Waals surface area contributed by atoms with Crippen LogP contribution in [-0.4, -0.2) is 602 Å². The van der Waals surface area contributed by atoms with Crippen LogP contribution in [0.2, 0.25) is 0 Å². The van der Waals surface area contributed by atoms with Crippen LogP contribution < -0.4 is 21.3 Å². The highest BCUT2D eigenvalue weighted by molar-refractivity contribution is 5.77. The molecular formula is C77H128N4O58. The van der Waals surface area contributed by atoms with Gasteiger partial charge in [0.15, 0.2) is 62.9 Å². The lowest BCUT2D eigenvalue weighted by Gasteiger charge is -2.51. The highest BCUT2D eigenvalue weighted by atomic mass is 16.8. The molecule has 62 heteroatoms. The van der Waals surface area contributed by atoms with Crippen molar-refractivity contribution in [2.75, 3.05) is 66.1 Å². The van der Waals surface area contributed by atoms with E-state index in [-0.39, 0.29) is 0 Å². The summed E-state index contributed by atoms with van der Waals surface area (Å²) < 4.78 is 124. The molecule has 11 aliphatic heterocycles. The molecule has 0 radical (unpaired) electrons. The predicted octanol–water partition coefficient (Wildman–Crippen LogP) is -24.2. The first-order chi connectivity index (χ1) is 65.5. The minimum Gasteiger partial charge on any atom is -0.477 e. The summed E-state index contributed by atoms with van der Waals surface area (Å²) in [5.41, 5.74) is 0. The first-order valence-electron chi connectivity index (χ1n) is 44.1. The number of rotatable bonds is 37. The SMILES string of the molecule is CC(=O)N[C@@H]1[C@@H](O[C@@H]2O[C@@H](C)[C@@H](O)[C@@H](O)[C@@H]2O)[C@H](O[C@@H]2O[C@H](CO)[C@@H](O[C@@H]3O[C@H](CO[C@H]4O[C@H](CO[C@H]5O[C@H](CO)[C@@H](O)[C@H](O)[C@@H]5O)[C@@H](O)[C@H](O[C@H]5O[C@H](CO)[C@@H](O)[C@H](O)[C@@H]5O)[C@@H]4O)[C@@H](O)[C@H](O[C@H]4O[C@H](CO)[C@@H](O)[C@H](O)[C@@H]4O[C@@H]4O[C@H](CO)[C@@H](O[C@@H]5O[C@H](CO[C@]6(C(=O)O)C[C@H](O)[C@@H](NC(C)=O)[C@H]([C@H](O)[C@H](O)CO)O6)[C@H](O)[C@H](O)[C@H]5O)[C@H](O)[C@H]4NC(C)=O)[C@@H]3O)[C@H](O)[C@H]2NC(C)=O)[C@@H](CO)O[C@H]1O. The summed E-state index contributed by atoms with van der Waals surface area (Å²) in [6.07, 6.45) is -113. The normalized spacial score (nSPS) is 48.9. The maximum Gasteiger partial charge on any atom is 0.364 e. The van der Waals surface area contributed by atoms with Crippen molar-refractivity contribution < 1.29 is 287 Å². The molecule has 62 nitrogen and oxygen atoms in total. The monoisotopic (exact) mass is 2040 g/mol. The van der Waals surface area contributed by atoms with Gasteiger partial charge in [-0.3, -0.25) is 19.2 Å². The molecule has 56 atom stereocenters. The van der Waals surface area contributed by atoms with E-state index >= 15 is 0 Å². The van der Waals surface area contributed by atoms with Gasteiger partial charge in [-0.2, -0.15) is 0 Å². The van der Waals surface area contributed by atoms with Crippen LogP contribution in [0.4, 0.5) is 0 Å². The molecular weight excluding hydrogens is 1910 g/mol. The average molecular weight is 2040 g/mol. The molecule has 0 aromatic rings. The number of carboxylic acids is 1. The molecule has 11 fully saturated rings. The molecule has 139 heavy (non-hydrogen) atoms. The van der Waals surface area contributed by atoms with Gasteiger partial charge in [-0.15, -0.1) is 0 Å². The highest BCUT2D eigenvalue weighted by Gasteiger charge is 2.64. The lowest BCUT2D eigenvalue weighted by atomic mass is 9.88. The molecule has 0 aliphatic carbocycles. The van der Waals surface area contributed by atoms with Crippen LogP contribution in [-0.2, 0) is 123 Å². The van der Waals surface area contributed by atoms with Gasteiger partial charge in [0.25, 0.3) is 5.79 Å². The quantitative estimate of drug-likeness (QED) is 0.0275. The number of aliphatic hydroxyl groups excluding tert-OH is 31. The topological polar surface area (TPSA) is 975 Å². The van der Waals surface area contributed by atoms with Gasteiger partial charge in [-0.1, -0.05) is 0 Å². The largest absolute Gasteiger partial charge is 0.477 e. The first-order valence-corrected chi connectivity index (χ1v) is 44.1. The standard InChI is InChI=1S/C77H128N4O58/c1-17-37(95)47(105)53(111)71(122-17)135-62-36(81-21(5)92)66(116)123-29(13-88)60(62)134-67-34(79-19(3)90)45(103)59(28(12-87)127-67)133-74-57(115)64(44(102)31(130-74)15-120-70-56(114)63(136-72-54(112)49(107)40(98)25(9-84)125-72)43(101)30(129-70)14-119-69-52(110)48(106)39(97)24(8-83)124-69)137-75-65(51(109)41(99)26(10-85)126-75)138-68-35(80-20(4)91)46(104)58(27(11-86)128-68)132-73-55(113)50(108)42(100)32(131-73)16-121-77(76(117)118)6-22(93)33(78-18(2)89)61(139-77)38(96)23(94)7-82/h17,22-75,82-88,93-116H,6-16H2,1-5H3,(H,78,89)(H,79,90)(H,80,91)(H,81,92)(H,117,118)/t17-,22-,23+,24+,25+,26+,27+,28+,29+,30+,31+,32+,33+,34+,35+,36+,37+,38+,39+,40+,41+,42-,43+,44+,45+,46+,47+,48-,49-,50-,51-,52-,53-,54-,55+,56-,57-,58+,59+,60+,61+,62+,63-,64-,65-,66+,67-,68-,69-,70-,71-,72+,73-,74-,75+,77+/m0/s1. The summed E-state index contributed by atoms with van der Waals surface area (Å²) in [5.74, 6) is -9.06. The Bertz CT molecular complexity index is 3870. The van der Waals surface area contributed by atoms with E-state index in [0.29, 0.717) is 0 Å². The van der Waals surface area contributed by atoms with Gasteiger partial charge in [0.2, 0.25) is 23.6 Å². The van der Waals surface area contributed by atoms with Gasteiger partial charge in [-0.25, -0.2) is 4.79 Å². The van der Waals surface area contributed by atoms with E-state index in [1.165, 1.54) is 6.92 Å². The second-order valence-corrected chi connectivity index (χ2v) is 35.3. The lowest BCUT2D eigenvalue weighted by molar-refractivity contribution is -0.399. The number of aliphatic carboxylic acids is 1. The van der Waals surface area contributed by atoms with E-state index in [9.17, 15) is 187 Å². The molecule has 4 amide bonds. The van der Waals surface area contributed by atoms with E-state index in [1.54, 1.807) is 0 Å².